The lowest BCUT2D eigenvalue weighted by Gasteiger charge is -2.43. The minimum Gasteiger partial charge on any atom is -0.491 e. The van der Waals surface area contributed by atoms with E-state index in [0.717, 1.165) is 29.0 Å². The highest BCUT2D eigenvalue weighted by atomic mass is 32.1. The van der Waals surface area contributed by atoms with Crippen molar-refractivity contribution in [3.8, 4) is 22.6 Å². The van der Waals surface area contributed by atoms with Crippen molar-refractivity contribution >= 4 is 17.3 Å². The second kappa shape index (κ2) is 8.91. The first-order valence-corrected chi connectivity index (χ1v) is 12.4. The number of thiocarbonyl (C=S) groups is 1. The van der Waals surface area contributed by atoms with Crippen molar-refractivity contribution in [1.82, 2.24) is 4.90 Å². The van der Waals surface area contributed by atoms with E-state index >= 15 is 0 Å². The molecule has 2 saturated heterocycles. The second-order valence-corrected chi connectivity index (χ2v) is 9.88. The third-order valence-electron chi connectivity index (χ3n) is 7.49. The zero-order valence-electron chi connectivity index (χ0n) is 18.7. The highest BCUT2D eigenvalue weighted by Gasteiger charge is 2.41. The standard InChI is InChI=1S/C27H33NO2S/c1-3-18(2)29-23-10-7-19(8-11-23)20-9-12-25-24(17-20)26(27(31)30-25)21-13-15-28-14-5-4-6-22(28)16-21/h7-12,17-18,21-22,26H,3-6,13-16H2,1-2H3. The Kier molecular flexibility index (Phi) is 6.03. The molecule has 31 heavy (non-hydrogen) atoms. The van der Waals surface area contributed by atoms with Crippen LogP contribution in [-0.2, 0) is 0 Å². The van der Waals surface area contributed by atoms with Gasteiger partial charge in [-0.25, -0.2) is 0 Å². The van der Waals surface area contributed by atoms with Crippen LogP contribution in [0.2, 0.25) is 0 Å². The Morgan fingerprint density at radius 3 is 2.68 bits per heavy atom. The summed E-state index contributed by atoms with van der Waals surface area (Å²) in [7, 11) is 0. The summed E-state index contributed by atoms with van der Waals surface area (Å²) in [5.41, 5.74) is 3.72. The summed E-state index contributed by atoms with van der Waals surface area (Å²) in [5, 5.41) is 0.777. The Morgan fingerprint density at radius 2 is 1.87 bits per heavy atom. The Hall–Kier alpha value is -1.91. The van der Waals surface area contributed by atoms with Crippen LogP contribution in [0.15, 0.2) is 42.5 Å². The van der Waals surface area contributed by atoms with Gasteiger partial charge < -0.3 is 14.4 Å². The molecule has 0 spiro atoms. The van der Waals surface area contributed by atoms with E-state index < -0.39 is 0 Å². The molecule has 2 aromatic carbocycles. The summed E-state index contributed by atoms with van der Waals surface area (Å²) >= 11 is 5.75. The van der Waals surface area contributed by atoms with Gasteiger partial charge in [-0.15, -0.1) is 0 Å². The van der Waals surface area contributed by atoms with Gasteiger partial charge in [0.1, 0.15) is 11.5 Å². The van der Waals surface area contributed by atoms with Gasteiger partial charge in [0.15, 0.2) is 5.05 Å². The molecule has 4 atom stereocenters. The van der Waals surface area contributed by atoms with E-state index in [9.17, 15) is 0 Å². The molecule has 0 N–H and O–H groups in total. The first kappa shape index (κ1) is 21.0. The number of rotatable bonds is 5. The van der Waals surface area contributed by atoms with Crippen LogP contribution in [0.4, 0.5) is 0 Å². The van der Waals surface area contributed by atoms with Crippen LogP contribution in [0, 0.1) is 5.92 Å². The summed E-state index contributed by atoms with van der Waals surface area (Å²) in [5.74, 6) is 2.74. The molecule has 3 aliphatic heterocycles. The van der Waals surface area contributed by atoms with E-state index in [1.54, 1.807) is 0 Å². The van der Waals surface area contributed by atoms with Gasteiger partial charge in [-0.05, 0) is 106 Å². The number of fused-ring (bicyclic) bond motifs is 2. The Bertz CT molecular complexity index is 941. The lowest BCUT2D eigenvalue weighted by molar-refractivity contribution is 0.0762. The predicted molar refractivity (Wildman–Crippen MR) is 130 cm³/mol. The third kappa shape index (κ3) is 4.25. The van der Waals surface area contributed by atoms with Crippen LogP contribution in [-0.4, -0.2) is 35.2 Å². The van der Waals surface area contributed by atoms with E-state index in [0.29, 0.717) is 5.92 Å². The number of hydrogen-bond acceptors (Lipinski definition) is 4. The van der Waals surface area contributed by atoms with Crippen LogP contribution in [0.5, 0.6) is 11.5 Å². The van der Waals surface area contributed by atoms with Gasteiger partial charge in [-0.2, -0.15) is 0 Å². The van der Waals surface area contributed by atoms with Crippen molar-refractivity contribution in [2.45, 2.75) is 70.4 Å². The number of hydrogen-bond donors (Lipinski definition) is 0. The van der Waals surface area contributed by atoms with Gasteiger partial charge in [-0.3, -0.25) is 0 Å². The minimum atomic E-state index is 0.236. The fraction of sp³-hybridized carbons (Fsp3) is 0.519. The van der Waals surface area contributed by atoms with Crippen molar-refractivity contribution in [1.29, 1.82) is 0 Å². The maximum Gasteiger partial charge on any atom is 0.175 e. The van der Waals surface area contributed by atoms with Crippen LogP contribution in [0.25, 0.3) is 11.1 Å². The maximum atomic E-state index is 6.07. The minimum absolute atomic E-state index is 0.236. The number of ether oxygens (including phenoxy) is 2. The fourth-order valence-electron chi connectivity index (χ4n) is 5.57. The molecule has 0 bridgehead atoms. The van der Waals surface area contributed by atoms with Crippen molar-refractivity contribution in [2.24, 2.45) is 5.92 Å². The zero-order valence-corrected chi connectivity index (χ0v) is 19.5. The summed E-state index contributed by atoms with van der Waals surface area (Å²) in [4.78, 5) is 2.71. The third-order valence-corrected chi connectivity index (χ3v) is 7.83. The van der Waals surface area contributed by atoms with Crippen molar-refractivity contribution < 1.29 is 9.47 Å². The molecule has 0 saturated carbocycles. The summed E-state index contributed by atoms with van der Waals surface area (Å²) in [6.07, 6.45) is 7.79. The van der Waals surface area contributed by atoms with Crippen LogP contribution >= 0.6 is 12.2 Å². The zero-order chi connectivity index (χ0) is 21.4. The van der Waals surface area contributed by atoms with Gasteiger partial charge in [0.2, 0.25) is 0 Å². The highest BCUT2D eigenvalue weighted by molar-refractivity contribution is 7.80. The average Bonchev–Trinajstić information content (AvgIpc) is 3.14. The van der Waals surface area contributed by atoms with E-state index in [1.807, 2.05) is 0 Å². The van der Waals surface area contributed by atoms with Gasteiger partial charge >= 0.3 is 0 Å². The van der Waals surface area contributed by atoms with Crippen molar-refractivity contribution in [3.05, 3.63) is 48.0 Å². The molecule has 2 fully saturated rings. The molecular weight excluding hydrogens is 402 g/mol. The smallest absolute Gasteiger partial charge is 0.175 e. The van der Waals surface area contributed by atoms with E-state index in [2.05, 4.69) is 61.2 Å². The molecule has 3 nitrogen and oxygen atoms in total. The van der Waals surface area contributed by atoms with Crippen LogP contribution < -0.4 is 9.47 Å². The van der Waals surface area contributed by atoms with Crippen molar-refractivity contribution in [3.63, 3.8) is 0 Å². The molecule has 0 radical (unpaired) electrons. The Labute approximate surface area is 191 Å². The Morgan fingerprint density at radius 1 is 1.06 bits per heavy atom. The molecule has 3 aliphatic rings. The quantitative estimate of drug-likeness (QED) is 0.493. The van der Waals surface area contributed by atoms with Crippen LogP contribution in [0.1, 0.15) is 63.9 Å². The van der Waals surface area contributed by atoms with E-state index in [-0.39, 0.29) is 12.0 Å². The van der Waals surface area contributed by atoms with E-state index in [1.165, 1.54) is 61.9 Å². The van der Waals surface area contributed by atoms with Crippen LogP contribution in [0.3, 0.4) is 0 Å². The summed E-state index contributed by atoms with van der Waals surface area (Å²) < 4.78 is 12.0. The van der Waals surface area contributed by atoms with Gasteiger partial charge in [0.25, 0.3) is 0 Å². The topological polar surface area (TPSA) is 21.7 Å². The van der Waals surface area contributed by atoms with E-state index in [4.69, 9.17) is 21.7 Å². The lowest BCUT2D eigenvalue weighted by Crippen LogP contribution is -2.46. The first-order chi connectivity index (χ1) is 15.1. The largest absolute Gasteiger partial charge is 0.491 e. The molecule has 3 heterocycles. The molecule has 2 aromatic rings. The van der Waals surface area contributed by atoms with Gasteiger partial charge in [-0.1, -0.05) is 31.5 Å². The molecule has 4 heteroatoms. The average molecular weight is 436 g/mol. The second-order valence-electron chi connectivity index (χ2n) is 9.48. The summed E-state index contributed by atoms with van der Waals surface area (Å²) in [6.45, 7) is 6.74. The molecule has 0 aliphatic carbocycles. The van der Waals surface area contributed by atoms with Gasteiger partial charge in [0, 0.05) is 11.6 Å². The Balaban J connectivity index is 1.37. The number of benzene rings is 2. The number of nitrogens with zero attached hydrogens (tertiary/aromatic N) is 1. The molecule has 164 valence electrons. The highest BCUT2D eigenvalue weighted by Crippen LogP contribution is 2.46. The molecule has 0 amide bonds. The lowest BCUT2D eigenvalue weighted by atomic mass is 9.76. The van der Waals surface area contributed by atoms with Crippen molar-refractivity contribution in [2.75, 3.05) is 13.1 Å². The van der Waals surface area contributed by atoms with Gasteiger partial charge in [0.05, 0.1) is 12.0 Å². The monoisotopic (exact) mass is 435 g/mol. The molecule has 4 unspecified atom stereocenters. The molecule has 0 aromatic heterocycles. The molecular formula is C27H33NO2S. The normalized spacial score (nSPS) is 26.6. The number of piperidine rings is 2. The fourth-order valence-corrected chi connectivity index (χ4v) is 5.98. The first-order valence-electron chi connectivity index (χ1n) is 12.0. The predicted octanol–water partition coefficient (Wildman–Crippen LogP) is 6.60. The molecule has 5 rings (SSSR count). The summed E-state index contributed by atoms with van der Waals surface area (Å²) in [6, 6.07) is 15.8. The maximum absolute atomic E-state index is 6.07. The SMILES string of the molecule is CCC(C)Oc1ccc(-c2ccc3c(c2)C(C2CCN4CCCCC4C2)C(=S)O3)cc1.